The Bertz CT molecular complexity index is 787. The highest BCUT2D eigenvalue weighted by Crippen LogP contribution is 2.30. The van der Waals surface area contributed by atoms with E-state index in [1.165, 1.54) is 24.0 Å². The summed E-state index contributed by atoms with van der Waals surface area (Å²) in [6, 6.07) is 15.1. The topological polar surface area (TPSA) is 36.4 Å². The maximum Gasteiger partial charge on any atom is 0.272 e. The van der Waals surface area contributed by atoms with Crippen LogP contribution in [-0.2, 0) is 13.0 Å². The Hall–Kier alpha value is -2.20. The number of carbonyl (C=O) groups excluding carboxylic acids is 1. The van der Waals surface area contributed by atoms with E-state index >= 15 is 0 Å². The van der Waals surface area contributed by atoms with E-state index < -0.39 is 0 Å². The van der Waals surface area contributed by atoms with Crippen molar-refractivity contribution in [2.24, 2.45) is 11.8 Å². The molecule has 1 aromatic heterocycles. The Morgan fingerprint density at radius 3 is 2.54 bits per heavy atom. The SMILES string of the molecule is CC(C)Cc1ccc(CN2C[C@H]3CC[C@@H]2CN(C(=O)c2ccccn2)C3)cc1. The van der Waals surface area contributed by atoms with Crippen LogP contribution in [0.5, 0.6) is 0 Å². The molecule has 2 aromatic rings. The van der Waals surface area contributed by atoms with E-state index in [4.69, 9.17) is 0 Å². The highest BCUT2D eigenvalue weighted by molar-refractivity contribution is 5.92. The van der Waals surface area contributed by atoms with Crippen LogP contribution >= 0.6 is 0 Å². The number of nitrogens with zero attached hydrogens (tertiary/aromatic N) is 3. The lowest BCUT2D eigenvalue weighted by Gasteiger charge is -2.36. The number of benzene rings is 1. The summed E-state index contributed by atoms with van der Waals surface area (Å²) in [5.74, 6) is 1.33. The van der Waals surface area contributed by atoms with Crippen molar-refractivity contribution >= 4 is 5.91 Å². The molecule has 1 amide bonds. The molecule has 2 bridgehead atoms. The molecule has 2 atom stereocenters. The average molecular weight is 378 g/mol. The third-order valence-electron chi connectivity index (χ3n) is 6.05. The third kappa shape index (κ3) is 4.44. The first-order valence-corrected chi connectivity index (χ1v) is 10.6. The van der Waals surface area contributed by atoms with Crippen LogP contribution in [0.2, 0.25) is 0 Å². The van der Waals surface area contributed by atoms with E-state index in [1.54, 1.807) is 6.20 Å². The van der Waals surface area contributed by atoms with Crippen LogP contribution in [0.1, 0.15) is 48.3 Å². The Labute approximate surface area is 168 Å². The van der Waals surface area contributed by atoms with Crippen molar-refractivity contribution in [2.45, 2.75) is 45.7 Å². The number of rotatable bonds is 5. The van der Waals surface area contributed by atoms with Gasteiger partial charge in [-0.3, -0.25) is 14.7 Å². The standard InChI is InChI=1S/C24H31N3O/c1-18(2)13-19-6-8-20(9-7-19)14-26-15-21-10-11-22(26)17-27(16-21)24(28)23-5-3-4-12-25-23/h3-9,12,18,21-22H,10-11,13-17H2,1-2H3/t21-,22-/m1/s1. The number of aromatic nitrogens is 1. The van der Waals surface area contributed by atoms with E-state index in [-0.39, 0.29) is 5.91 Å². The number of hydrogen-bond donors (Lipinski definition) is 0. The number of fused-ring (bicyclic) bond motifs is 4. The van der Waals surface area contributed by atoms with Gasteiger partial charge < -0.3 is 4.90 Å². The molecule has 3 saturated heterocycles. The molecule has 3 fully saturated rings. The summed E-state index contributed by atoms with van der Waals surface area (Å²) < 4.78 is 0. The number of carbonyl (C=O) groups is 1. The molecule has 0 N–H and O–H groups in total. The van der Waals surface area contributed by atoms with E-state index in [0.29, 0.717) is 23.6 Å². The fraction of sp³-hybridized carbons (Fsp3) is 0.500. The molecule has 0 radical (unpaired) electrons. The molecule has 1 aromatic carbocycles. The van der Waals surface area contributed by atoms with Crippen LogP contribution in [0.15, 0.2) is 48.7 Å². The molecule has 148 valence electrons. The van der Waals surface area contributed by atoms with Gasteiger partial charge in [-0.2, -0.15) is 0 Å². The highest BCUT2D eigenvalue weighted by Gasteiger charge is 2.36. The fourth-order valence-electron chi connectivity index (χ4n) is 4.68. The van der Waals surface area contributed by atoms with Crippen molar-refractivity contribution in [1.29, 1.82) is 0 Å². The minimum atomic E-state index is 0.0809. The van der Waals surface area contributed by atoms with Crippen LogP contribution in [0.25, 0.3) is 0 Å². The summed E-state index contributed by atoms with van der Waals surface area (Å²) >= 11 is 0. The molecule has 3 aliphatic rings. The Morgan fingerprint density at radius 1 is 1.04 bits per heavy atom. The average Bonchev–Trinajstić information content (AvgIpc) is 3.01. The van der Waals surface area contributed by atoms with Crippen LogP contribution in [0.3, 0.4) is 0 Å². The van der Waals surface area contributed by atoms with E-state index in [9.17, 15) is 4.79 Å². The van der Waals surface area contributed by atoms with E-state index in [0.717, 1.165) is 32.6 Å². The smallest absolute Gasteiger partial charge is 0.272 e. The third-order valence-corrected chi connectivity index (χ3v) is 6.05. The van der Waals surface area contributed by atoms with Gasteiger partial charge in [0.25, 0.3) is 5.91 Å². The van der Waals surface area contributed by atoms with Crippen LogP contribution in [0.4, 0.5) is 0 Å². The Morgan fingerprint density at radius 2 is 1.82 bits per heavy atom. The molecule has 0 spiro atoms. The van der Waals surface area contributed by atoms with Gasteiger partial charge in [0.15, 0.2) is 0 Å². The first-order chi connectivity index (χ1) is 13.6. The second-order valence-electron chi connectivity index (χ2n) is 8.87. The Kier molecular flexibility index (Phi) is 5.77. The van der Waals surface area contributed by atoms with Gasteiger partial charge in [0.05, 0.1) is 0 Å². The number of piperidine rings is 1. The van der Waals surface area contributed by atoms with E-state index in [2.05, 4.69) is 48.0 Å². The van der Waals surface area contributed by atoms with Gasteiger partial charge in [0.2, 0.25) is 0 Å². The van der Waals surface area contributed by atoms with Crippen LogP contribution in [-0.4, -0.2) is 46.4 Å². The van der Waals surface area contributed by atoms with Crippen molar-refractivity contribution in [3.63, 3.8) is 0 Å². The predicted octanol–water partition coefficient (Wildman–Crippen LogP) is 4.02. The van der Waals surface area contributed by atoms with Gasteiger partial charge in [0, 0.05) is 38.4 Å². The lowest BCUT2D eigenvalue weighted by atomic mass is 9.94. The second-order valence-corrected chi connectivity index (χ2v) is 8.87. The monoisotopic (exact) mass is 377 g/mol. The Balaban J connectivity index is 1.43. The maximum absolute atomic E-state index is 12.9. The molecule has 0 saturated carbocycles. The summed E-state index contributed by atoms with van der Waals surface area (Å²) in [5, 5.41) is 0. The molecule has 0 aliphatic carbocycles. The highest BCUT2D eigenvalue weighted by atomic mass is 16.2. The lowest BCUT2D eigenvalue weighted by molar-refractivity contribution is 0.0730. The normalized spacial score (nSPS) is 22.5. The van der Waals surface area contributed by atoms with Gasteiger partial charge in [-0.15, -0.1) is 0 Å². The maximum atomic E-state index is 12.9. The fourth-order valence-corrected chi connectivity index (χ4v) is 4.68. The van der Waals surface area contributed by atoms with Gasteiger partial charge >= 0.3 is 0 Å². The molecular weight excluding hydrogens is 346 g/mol. The molecule has 28 heavy (non-hydrogen) atoms. The second kappa shape index (κ2) is 8.44. The molecular formula is C24H31N3O. The van der Waals surface area contributed by atoms with E-state index in [1.807, 2.05) is 23.1 Å². The predicted molar refractivity (Wildman–Crippen MR) is 112 cm³/mol. The zero-order valence-corrected chi connectivity index (χ0v) is 17.1. The molecule has 5 rings (SSSR count). The number of hydrogen-bond acceptors (Lipinski definition) is 3. The molecule has 4 heterocycles. The summed E-state index contributed by atoms with van der Waals surface area (Å²) in [5.41, 5.74) is 3.36. The van der Waals surface area contributed by atoms with Crippen LogP contribution in [0, 0.1) is 11.8 Å². The van der Waals surface area contributed by atoms with Gasteiger partial charge in [-0.25, -0.2) is 0 Å². The van der Waals surface area contributed by atoms with Crippen molar-refractivity contribution in [2.75, 3.05) is 19.6 Å². The summed E-state index contributed by atoms with van der Waals surface area (Å²) in [6.07, 6.45) is 5.25. The number of amides is 1. The molecule has 0 unspecified atom stereocenters. The van der Waals surface area contributed by atoms with Crippen LogP contribution < -0.4 is 0 Å². The zero-order chi connectivity index (χ0) is 19.5. The van der Waals surface area contributed by atoms with Crippen molar-refractivity contribution in [3.05, 3.63) is 65.5 Å². The van der Waals surface area contributed by atoms with Crippen molar-refractivity contribution < 1.29 is 4.79 Å². The molecule has 4 nitrogen and oxygen atoms in total. The van der Waals surface area contributed by atoms with Gasteiger partial charge in [0.1, 0.15) is 5.69 Å². The van der Waals surface area contributed by atoms with Crippen molar-refractivity contribution in [3.8, 4) is 0 Å². The van der Waals surface area contributed by atoms with Gasteiger partial charge in [-0.1, -0.05) is 44.2 Å². The quantitative estimate of drug-likeness (QED) is 0.790. The minimum Gasteiger partial charge on any atom is -0.335 e. The molecule has 3 aliphatic heterocycles. The summed E-state index contributed by atoms with van der Waals surface area (Å²) in [4.78, 5) is 21.8. The lowest BCUT2D eigenvalue weighted by Crippen LogP contribution is -2.44. The van der Waals surface area contributed by atoms with Crippen molar-refractivity contribution in [1.82, 2.24) is 14.8 Å². The zero-order valence-electron chi connectivity index (χ0n) is 17.1. The summed E-state index contributed by atoms with van der Waals surface area (Å²) in [7, 11) is 0. The first-order valence-electron chi connectivity index (χ1n) is 10.6. The van der Waals surface area contributed by atoms with Gasteiger partial charge in [-0.05, 0) is 54.4 Å². The minimum absolute atomic E-state index is 0.0809. The largest absolute Gasteiger partial charge is 0.335 e. The first kappa shape index (κ1) is 19.1. The number of pyridine rings is 1. The molecule has 4 heteroatoms. The summed E-state index contributed by atoms with van der Waals surface area (Å²) in [6.45, 7) is 8.27.